The van der Waals surface area contributed by atoms with E-state index in [4.69, 9.17) is 17.4 Å². The molecule has 1 aromatic heterocycles. The largest absolute Gasteiger partial charge is 0.359 e. The summed E-state index contributed by atoms with van der Waals surface area (Å²) in [6.07, 6.45) is 1.49. The van der Waals surface area contributed by atoms with Gasteiger partial charge in [0.1, 0.15) is 0 Å². The topological polar surface area (TPSA) is 75.9 Å². The van der Waals surface area contributed by atoms with Gasteiger partial charge in [0.2, 0.25) is 0 Å². The summed E-state index contributed by atoms with van der Waals surface area (Å²) in [5.74, 6) is 5.58. The van der Waals surface area contributed by atoms with E-state index in [1.807, 2.05) is 0 Å². The molecule has 0 aliphatic heterocycles. The summed E-state index contributed by atoms with van der Waals surface area (Å²) in [5, 5.41) is 10.4. The zero-order valence-electron chi connectivity index (χ0n) is 6.21. The number of nitrogens with one attached hydrogen (secondary N) is 2. The number of nitrogens with two attached hydrogens (primary N) is 1. The lowest BCUT2D eigenvalue weighted by atomic mass is 10.4. The van der Waals surface area contributed by atoms with Crippen molar-refractivity contribution in [3.05, 3.63) is 24.0 Å². The Morgan fingerprint density at radius 1 is 1.58 bits per heavy atom. The van der Waals surface area contributed by atoms with E-state index in [0.717, 1.165) is 0 Å². The second kappa shape index (κ2) is 3.89. The van der Waals surface area contributed by atoms with Crippen molar-refractivity contribution >= 4 is 23.1 Å². The third-order valence-electron chi connectivity index (χ3n) is 1.16. The van der Waals surface area contributed by atoms with Gasteiger partial charge in [-0.25, -0.2) is 5.84 Å². The summed E-state index contributed by atoms with van der Waals surface area (Å²) in [7, 11) is 0. The number of halogens is 1. The molecule has 1 rings (SSSR count). The Morgan fingerprint density at radius 3 is 2.92 bits per heavy atom. The van der Waals surface area contributed by atoms with Crippen LogP contribution in [0.4, 0.5) is 11.5 Å². The van der Waals surface area contributed by atoms with Gasteiger partial charge in [-0.3, -0.25) is 0 Å². The maximum atomic E-state index is 5.59. The van der Waals surface area contributed by atoms with Crippen molar-refractivity contribution in [2.24, 2.45) is 5.84 Å². The summed E-state index contributed by atoms with van der Waals surface area (Å²) < 4.78 is 0. The minimum absolute atomic E-state index is 0.290. The molecule has 0 atom stereocenters. The monoisotopic (exact) mass is 185 g/mol. The fourth-order valence-electron chi connectivity index (χ4n) is 0.695. The Kier molecular flexibility index (Phi) is 2.84. The van der Waals surface area contributed by atoms with Crippen LogP contribution in [0, 0.1) is 0 Å². The highest BCUT2D eigenvalue weighted by Crippen LogP contribution is 2.19. The van der Waals surface area contributed by atoms with Crippen LogP contribution in [-0.4, -0.2) is 10.2 Å². The molecular formula is C6H8ClN5. The number of nitrogen functional groups attached to an aromatic ring is 1. The van der Waals surface area contributed by atoms with E-state index < -0.39 is 0 Å². The molecule has 0 radical (unpaired) electrons. The summed E-state index contributed by atoms with van der Waals surface area (Å²) >= 11 is 5.59. The Labute approximate surface area is 74.6 Å². The van der Waals surface area contributed by atoms with Crippen LogP contribution in [-0.2, 0) is 0 Å². The van der Waals surface area contributed by atoms with Gasteiger partial charge in [-0.15, -0.1) is 10.2 Å². The second-order valence-corrected chi connectivity index (χ2v) is 2.31. The van der Waals surface area contributed by atoms with Gasteiger partial charge in [0.15, 0.2) is 11.0 Å². The average Bonchev–Trinajstić information content (AvgIpc) is 2.05. The van der Waals surface area contributed by atoms with Gasteiger partial charge < -0.3 is 10.7 Å². The minimum atomic E-state index is 0.290. The average molecular weight is 186 g/mol. The van der Waals surface area contributed by atoms with E-state index in [-0.39, 0.29) is 0 Å². The molecule has 0 aliphatic carbocycles. The quantitative estimate of drug-likeness (QED) is 0.483. The van der Waals surface area contributed by atoms with Gasteiger partial charge in [0.05, 0.1) is 5.69 Å². The van der Waals surface area contributed by atoms with Crippen LogP contribution >= 0.6 is 11.6 Å². The maximum absolute atomic E-state index is 5.59. The summed E-state index contributed by atoms with van der Waals surface area (Å²) in [5.41, 5.74) is 3.00. The molecule has 12 heavy (non-hydrogen) atoms. The molecule has 0 saturated heterocycles. The lowest BCUT2D eigenvalue weighted by molar-refractivity contribution is 1.02. The van der Waals surface area contributed by atoms with Crippen molar-refractivity contribution in [1.82, 2.24) is 10.2 Å². The molecule has 0 saturated carbocycles. The predicted octanol–water partition coefficient (Wildman–Crippen LogP) is 0.971. The number of hydrogen-bond acceptors (Lipinski definition) is 5. The Hall–Kier alpha value is -1.33. The van der Waals surface area contributed by atoms with Crippen molar-refractivity contribution in [3.63, 3.8) is 0 Å². The maximum Gasteiger partial charge on any atom is 0.186 e. The molecule has 0 fully saturated rings. The molecule has 1 aromatic rings. The molecule has 0 unspecified atom stereocenters. The van der Waals surface area contributed by atoms with Crippen molar-refractivity contribution in [2.45, 2.75) is 0 Å². The first kappa shape index (κ1) is 8.76. The predicted molar refractivity (Wildman–Crippen MR) is 48.7 cm³/mol. The first-order valence-corrected chi connectivity index (χ1v) is 3.53. The molecule has 0 bridgehead atoms. The summed E-state index contributed by atoms with van der Waals surface area (Å²) in [4.78, 5) is 0. The van der Waals surface area contributed by atoms with Crippen LogP contribution in [0.2, 0.25) is 5.15 Å². The Bertz CT molecular complexity index is 287. The third kappa shape index (κ3) is 1.84. The van der Waals surface area contributed by atoms with E-state index >= 15 is 0 Å². The number of nitrogens with zero attached hydrogens (tertiary/aromatic N) is 2. The van der Waals surface area contributed by atoms with E-state index in [1.54, 1.807) is 6.07 Å². The summed E-state index contributed by atoms with van der Waals surface area (Å²) in [6.45, 7) is 3.49. The molecule has 0 aliphatic rings. The highest BCUT2D eigenvalue weighted by atomic mass is 35.5. The fourth-order valence-corrected chi connectivity index (χ4v) is 0.841. The van der Waals surface area contributed by atoms with E-state index in [1.165, 1.54) is 6.20 Å². The third-order valence-corrected chi connectivity index (χ3v) is 1.34. The lowest BCUT2D eigenvalue weighted by Gasteiger charge is -2.05. The van der Waals surface area contributed by atoms with Crippen LogP contribution < -0.4 is 16.6 Å². The molecule has 64 valence electrons. The molecule has 4 N–H and O–H groups in total. The van der Waals surface area contributed by atoms with Crippen LogP contribution in [0.3, 0.4) is 0 Å². The standard InChI is InChI=1S/C6H8ClN5/c1-2-9-4-3-5(7)11-12-6(4)10-8/h2-3H,1,8H2,(H,9,11)(H,10,12). The van der Waals surface area contributed by atoms with Crippen LogP contribution in [0.1, 0.15) is 0 Å². The molecule has 0 aromatic carbocycles. The minimum Gasteiger partial charge on any atom is -0.359 e. The first-order chi connectivity index (χ1) is 5.77. The van der Waals surface area contributed by atoms with Gasteiger partial charge >= 0.3 is 0 Å². The Morgan fingerprint density at radius 2 is 2.33 bits per heavy atom. The molecule has 5 nitrogen and oxygen atoms in total. The number of hydrogen-bond donors (Lipinski definition) is 3. The zero-order valence-corrected chi connectivity index (χ0v) is 6.97. The molecular weight excluding hydrogens is 178 g/mol. The van der Waals surface area contributed by atoms with Crippen molar-refractivity contribution in [1.29, 1.82) is 0 Å². The highest BCUT2D eigenvalue weighted by Gasteiger charge is 2.02. The number of aromatic nitrogens is 2. The van der Waals surface area contributed by atoms with Gasteiger partial charge in [-0.2, -0.15) is 0 Å². The van der Waals surface area contributed by atoms with Gasteiger partial charge in [0, 0.05) is 6.07 Å². The van der Waals surface area contributed by atoms with Crippen molar-refractivity contribution < 1.29 is 0 Å². The van der Waals surface area contributed by atoms with Crippen LogP contribution in [0.5, 0.6) is 0 Å². The van der Waals surface area contributed by atoms with E-state index in [9.17, 15) is 0 Å². The molecule has 6 heteroatoms. The Balaban J connectivity index is 3.03. The van der Waals surface area contributed by atoms with E-state index in [0.29, 0.717) is 16.7 Å². The number of anilines is 2. The van der Waals surface area contributed by atoms with Crippen LogP contribution in [0.15, 0.2) is 18.8 Å². The fraction of sp³-hybridized carbons (Fsp3) is 0. The SMILES string of the molecule is C=CNc1cc(Cl)nnc1NN. The van der Waals surface area contributed by atoms with Gasteiger partial charge in [0.25, 0.3) is 0 Å². The van der Waals surface area contributed by atoms with Gasteiger partial charge in [-0.05, 0) is 6.20 Å². The van der Waals surface area contributed by atoms with Crippen LogP contribution in [0.25, 0.3) is 0 Å². The van der Waals surface area contributed by atoms with Crippen molar-refractivity contribution in [3.8, 4) is 0 Å². The molecule has 1 heterocycles. The second-order valence-electron chi connectivity index (χ2n) is 1.92. The lowest BCUT2D eigenvalue weighted by Crippen LogP contribution is -2.11. The van der Waals surface area contributed by atoms with Gasteiger partial charge in [-0.1, -0.05) is 18.2 Å². The number of hydrazine groups is 1. The normalized spacial score (nSPS) is 9.17. The number of rotatable bonds is 3. The van der Waals surface area contributed by atoms with E-state index in [2.05, 4.69) is 27.5 Å². The molecule has 0 amide bonds. The molecule has 0 spiro atoms. The summed E-state index contributed by atoms with van der Waals surface area (Å²) in [6, 6.07) is 1.59. The highest BCUT2D eigenvalue weighted by molar-refractivity contribution is 6.29. The van der Waals surface area contributed by atoms with Crippen molar-refractivity contribution in [2.75, 3.05) is 10.7 Å². The first-order valence-electron chi connectivity index (χ1n) is 3.15. The smallest absolute Gasteiger partial charge is 0.186 e. The zero-order chi connectivity index (χ0) is 8.97.